The van der Waals surface area contributed by atoms with Crippen molar-refractivity contribution in [2.24, 2.45) is 0 Å². The van der Waals surface area contributed by atoms with Gasteiger partial charge in [0.25, 0.3) is 9.84 Å². The number of hydrogen-bond donors (Lipinski definition) is 1. The van der Waals surface area contributed by atoms with E-state index in [9.17, 15) is 25.6 Å². The first-order valence-corrected chi connectivity index (χ1v) is 9.19. The lowest BCUT2D eigenvalue weighted by Gasteiger charge is -2.14. The maximum Gasteiger partial charge on any atom is 0.427 e. The minimum Gasteiger partial charge on any atom is -0.383 e. The summed E-state index contributed by atoms with van der Waals surface area (Å²) in [6.45, 7) is -0.112. The highest BCUT2D eigenvalue weighted by Gasteiger charge is 2.45. The monoisotopic (exact) mass is 347 g/mol. The van der Waals surface area contributed by atoms with Crippen LogP contribution in [0.2, 0.25) is 0 Å². The highest BCUT2D eigenvalue weighted by Crippen LogP contribution is 2.35. The lowest BCUT2D eigenvalue weighted by atomic mass is 10.3. The molecule has 0 heterocycles. The minimum atomic E-state index is -5.05. The van der Waals surface area contributed by atoms with Gasteiger partial charge in [0.2, 0.25) is 0 Å². The predicted molar refractivity (Wildman–Crippen MR) is 72.6 cm³/mol. The quantitative estimate of drug-likeness (QED) is 0.792. The van der Waals surface area contributed by atoms with Gasteiger partial charge in [0.1, 0.15) is 9.84 Å². The third-order valence-corrected chi connectivity index (χ3v) is 5.37. The average molecular weight is 348 g/mol. The summed E-state index contributed by atoms with van der Waals surface area (Å²) in [5, 5.41) is 2.50. The molecule has 0 bridgehead atoms. The summed E-state index contributed by atoms with van der Waals surface area (Å²) < 4.78 is 66.5. The molecule has 5 nitrogen and oxygen atoms in total. The molecule has 20 heavy (non-hydrogen) atoms. The largest absolute Gasteiger partial charge is 0.427 e. The highest BCUT2D eigenvalue weighted by molar-refractivity contribution is 7.94. The van der Waals surface area contributed by atoms with Gasteiger partial charge in [-0.05, 0) is 23.7 Å². The Hall–Kier alpha value is -0.930. The Labute approximate surface area is 120 Å². The van der Waals surface area contributed by atoms with Gasteiger partial charge in [0.05, 0.1) is 16.3 Å². The topological polar surface area (TPSA) is 80.3 Å². The van der Waals surface area contributed by atoms with Crippen molar-refractivity contribution in [1.29, 1.82) is 0 Å². The summed E-state index contributed by atoms with van der Waals surface area (Å²) in [4.78, 5) is -0.687. The summed E-state index contributed by atoms with van der Waals surface area (Å²) in [6.07, 6.45) is 1.00. The Kier molecular flexibility index (Phi) is 4.99. The van der Waals surface area contributed by atoms with Crippen LogP contribution in [-0.4, -0.2) is 40.1 Å². The Morgan fingerprint density at radius 1 is 1.20 bits per heavy atom. The van der Waals surface area contributed by atoms with Crippen LogP contribution in [0.1, 0.15) is 0 Å². The van der Waals surface area contributed by atoms with Crippen LogP contribution in [0, 0.1) is 0 Å². The van der Waals surface area contributed by atoms with Crippen molar-refractivity contribution in [3.63, 3.8) is 0 Å². The van der Waals surface area contributed by atoms with Gasteiger partial charge in [-0.2, -0.15) is 8.78 Å². The average Bonchev–Trinajstić information content (AvgIpc) is 2.26. The molecule has 0 aliphatic carbocycles. The molecule has 10 heteroatoms. The molecule has 1 N–H and O–H groups in total. The number of halogens is 3. The molecule has 0 aliphatic heterocycles. The van der Waals surface area contributed by atoms with Crippen LogP contribution in [0.25, 0.3) is 0 Å². The molecule has 0 fully saturated rings. The van der Waals surface area contributed by atoms with E-state index in [-0.39, 0.29) is 18.0 Å². The van der Waals surface area contributed by atoms with Gasteiger partial charge in [-0.25, -0.2) is 16.8 Å². The zero-order valence-electron chi connectivity index (χ0n) is 10.3. The van der Waals surface area contributed by atoms with Gasteiger partial charge in [-0.15, -0.1) is 0 Å². The van der Waals surface area contributed by atoms with E-state index in [4.69, 9.17) is 0 Å². The fourth-order valence-electron chi connectivity index (χ4n) is 1.34. The molecule has 0 saturated carbocycles. The second-order valence-corrected chi connectivity index (χ2v) is 8.92. The van der Waals surface area contributed by atoms with Crippen molar-refractivity contribution in [3.05, 3.63) is 24.3 Å². The number of alkyl halides is 3. The molecule has 114 valence electrons. The third kappa shape index (κ3) is 4.29. The second-order valence-electron chi connectivity index (χ2n) is 4.00. The van der Waals surface area contributed by atoms with Crippen LogP contribution < -0.4 is 5.32 Å². The van der Waals surface area contributed by atoms with Crippen molar-refractivity contribution in [2.45, 2.75) is 9.61 Å². The Bertz CT molecular complexity index is 683. The molecule has 0 aromatic heterocycles. The molecule has 0 unspecified atom stereocenters. The van der Waals surface area contributed by atoms with E-state index in [2.05, 4.69) is 16.9 Å². The van der Waals surface area contributed by atoms with Crippen molar-refractivity contribution < 1.29 is 25.6 Å². The van der Waals surface area contributed by atoms with Gasteiger partial charge in [-0.1, -0.05) is 12.1 Å². The summed E-state index contributed by atoms with van der Waals surface area (Å²) in [5.41, 5.74) is -0.128. The number of anilines is 1. The van der Waals surface area contributed by atoms with Gasteiger partial charge in [0, 0.05) is 12.8 Å². The minimum absolute atomic E-state index is 0.112. The first-order chi connectivity index (χ1) is 8.95. The lowest BCUT2D eigenvalue weighted by Crippen LogP contribution is -2.24. The number of sulfone groups is 2. The molecule has 0 aliphatic rings. The van der Waals surface area contributed by atoms with Gasteiger partial charge in [0.15, 0.2) is 0 Å². The van der Waals surface area contributed by atoms with Crippen molar-refractivity contribution in [2.75, 3.05) is 23.9 Å². The normalized spacial score (nSPS) is 13.2. The van der Waals surface area contributed by atoms with E-state index in [0.717, 1.165) is 12.3 Å². The summed E-state index contributed by atoms with van der Waals surface area (Å²) in [5.74, 6) is -0.265. The first kappa shape index (κ1) is 17.1. The molecular weight excluding hydrogens is 336 g/mol. The smallest absolute Gasteiger partial charge is 0.383 e. The molecule has 0 spiro atoms. The van der Waals surface area contributed by atoms with Crippen molar-refractivity contribution in [3.8, 4) is 0 Å². The van der Waals surface area contributed by atoms with Crippen molar-refractivity contribution in [1.82, 2.24) is 0 Å². The number of hydrogen-bond acceptors (Lipinski definition) is 5. The van der Waals surface area contributed by atoms with Crippen LogP contribution >= 0.6 is 11.6 Å². The fraction of sp³-hybridized carbons (Fsp3) is 0.400. The summed E-state index contributed by atoms with van der Waals surface area (Å²) in [6, 6.07) is 4.90. The zero-order chi connectivity index (χ0) is 15.6. The number of benzene rings is 1. The van der Waals surface area contributed by atoms with E-state index in [0.29, 0.717) is 0 Å². The first-order valence-electron chi connectivity index (χ1n) is 5.27. The molecular formula is C10H12ClF2NO4S2. The number of rotatable bonds is 6. The van der Waals surface area contributed by atoms with Gasteiger partial charge < -0.3 is 5.32 Å². The SMILES string of the molecule is CS(=O)(=O)CCNc1ccccc1S(=O)(=O)C(F)(F)Cl. The van der Waals surface area contributed by atoms with Crippen LogP contribution in [0.5, 0.6) is 0 Å². The number of nitrogens with one attached hydrogen (secondary N) is 1. The highest BCUT2D eigenvalue weighted by atomic mass is 35.5. The molecule has 0 atom stereocenters. The standard InChI is InChI=1S/C10H12ClF2NO4S2/c1-19(15,16)7-6-14-8-4-2-3-5-9(8)20(17,18)10(11,12)13/h2-5,14H,6-7H2,1H3. The van der Waals surface area contributed by atoms with Gasteiger partial charge >= 0.3 is 4.71 Å². The van der Waals surface area contributed by atoms with Crippen LogP contribution in [0.3, 0.4) is 0 Å². The molecule has 0 amide bonds. The maximum absolute atomic E-state index is 12.9. The van der Waals surface area contributed by atoms with E-state index >= 15 is 0 Å². The summed E-state index contributed by atoms with van der Waals surface area (Å²) in [7, 11) is -8.31. The number of para-hydroxylation sites is 1. The third-order valence-electron chi connectivity index (χ3n) is 2.27. The molecule has 0 radical (unpaired) electrons. The predicted octanol–water partition coefficient (Wildman–Crippen LogP) is 1.71. The Morgan fingerprint density at radius 3 is 2.25 bits per heavy atom. The van der Waals surface area contributed by atoms with Gasteiger partial charge in [-0.3, -0.25) is 0 Å². The lowest BCUT2D eigenvalue weighted by molar-refractivity contribution is 0.187. The molecule has 0 saturated heterocycles. The zero-order valence-corrected chi connectivity index (χ0v) is 12.7. The molecule has 1 rings (SSSR count). The van der Waals surface area contributed by atoms with E-state index in [1.54, 1.807) is 0 Å². The molecule has 1 aromatic carbocycles. The maximum atomic E-state index is 12.9. The van der Waals surface area contributed by atoms with Crippen LogP contribution in [0.4, 0.5) is 14.5 Å². The van der Waals surface area contributed by atoms with Crippen LogP contribution in [-0.2, 0) is 19.7 Å². The summed E-state index contributed by atoms with van der Waals surface area (Å²) >= 11 is 4.59. The molecule has 1 aromatic rings. The van der Waals surface area contributed by atoms with Crippen LogP contribution in [0.15, 0.2) is 29.2 Å². The van der Waals surface area contributed by atoms with E-state index < -0.39 is 29.3 Å². The second kappa shape index (κ2) is 5.82. The van der Waals surface area contributed by atoms with E-state index in [1.807, 2.05) is 0 Å². The van der Waals surface area contributed by atoms with E-state index in [1.165, 1.54) is 18.2 Å². The Morgan fingerprint density at radius 2 is 1.75 bits per heavy atom. The fourth-order valence-corrected chi connectivity index (χ4v) is 3.00. The van der Waals surface area contributed by atoms with Crippen molar-refractivity contribution >= 4 is 37.0 Å². The Balaban J connectivity index is 3.07.